The van der Waals surface area contributed by atoms with Crippen molar-refractivity contribution in [3.8, 4) is 0 Å². The monoisotopic (exact) mass is 285 g/mol. The lowest BCUT2D eigenvalue weighted by molar-refractivity contribution is 0.0203. The summed E-state index contributed by atoms with van der Waals surface area (Å²) >= 11 is 0. The first-order chi connectivity index (χ1) is 8.24. The molecule has 0 aliphatic carbocycles. The van der Waals surface area contributed by atoms with Crippen molar-refractivity contribution in [2.24, 2.45) is 0 Å². The quantitative estimate of drug-likeness (QED) is 0.518. The highest BCUT2D eigenvalue weighted by molar-refractivity contribution is 7.81. The summed E-state index contributed by atoms with van der Waals surface area (Å²) in [5.41, 5.74) is -0.659. The zero-order chi connectivity index (χ0) is 14.7. The fraction of sp³-hybridized carbons (Fsp3) is 1.00. The molecular formula is C11H27NO5S. The molecule has 112 valence electrons. The molecule has 0 amide bonds. The second-order valence-electron chi connectivity index (χ2n) is 4.00. The third-order valence-corrected chi connectivity index (χ3v) is 3.20. The van der Waals surface area contributed by atoms with E-state index in [9.17, 15) is 13.5 Å². The zero-order valence-corrected chi connectivity index (χ0v) is 12.8. The van der Waals surface area contributed by atoms with Crippen LogP contribution in [0.2, 0.25) is 0 Å². The average molecular weight is 285 g/mol. The predicted molar refractivity (Wildman–Crippen MR) is 71.4 cm³/mol. The Morgan fingerprint density at radius 3 is 1.94 bits per heavy atom. The van der Waals surface area contributed by atoms with Crippen LogP contribution in [0.5, 0.6) is 0 Å². The maximum Gasteiger partial charge on any atom is 0.399 e. The summed E-state index contributed by atoms with van der Waals surface area (Å²) in [5.74, 6) is 0. The molecule has 18 heavy (non-hydrogen) atoms. The van der Waals surface area contributed by atoms with Gasteiger partial charge in [0.2, 0.25) is 0 Å². The van der Waals surface area contributed by atoms with E-state index in [2.05, 4.69) is 20.6 Å². The van der Waals surface area contributed by atoms with Crippen LogP contribution in [0.1, 0.15) is 46.5 Å². The van der Waals surface area contributed by atoms with Crippen molar-refractivity contribution >= 4 is 10.4 Å². The highest BCUT2D eigenvalue weighted by atomic mass is 32.3. The molecule has 0 heterocycles. The van der Waals surface area contributed by atoms with Crippen molar-refractivity contribution in [2.45, 2.75) is 52.2 Å². The zero-order valence-electron chi connectivity index (χ0n) is 12.0. The Balaban J connectivity index is 0. The molecule has 0 fully saturated rings. The van der Waals surface area contributed by atoms with Gasteiger partial charge in [0.05, 0.1) is 14.2 Å². The number of rotatable bonds is 8. The van der Waals surface area contributed by atoms with Gasteiger partial charge >= 0.3 is 10.4 Å². The van der Waals surface area contributed by atoms with Crippen molar-refractivity contribution in [2.75, 3.05) is 20.8 Å². The molecule has 0 aromatic rings. The SMILES string of the molecule is CCCCCNC(C)(O)CC.COS(=O)(=O)OC. The van der Waals surface area contributed by atoms with E-state index in [4.69, 9.17) is 0 Å². The van der Waals surface area contributed by atoms with Crippen LogP contribution in [-0.4, -0.2) is 40.0 Å². The summed E-state index contributed by atoms with van der Waals surface area (Å²) in [6.07, 6.45) is 4.40. The van der Waals surface area contributed by atoms with Gasteiger partial charge in [-0.2, -0.15) is 8.42 Å². The molecule has 0 spiro atoms. The Labute approximate surface area is 111 Å². The van der Waals surface area contributed by atoms with E-state index in [0.29, 0.717) is 0 Å². The summed E-state index contributed by atoms with van der Waals surface area (Å²) in [5, 5.41) is 12.6. The summed E-state index contributed by atoms with van der Waals surface area (Å²) in [6.45, 7) is 6.90. The van der Waals surface area contributed by atoms with Gasteiger partial charge in [0.15, 0.2) is 0 Å². The van der Waals surface area contributed by atoms with Crippen LogP contribution in [0.15, 0.2) is 0 Å². The normalized spacial score (nSPS) is 14.6. The number of hydrogen-bond donors (Lipinski definition) is 2. The topological polar surface area (TPSA) is 84.9 Å². The molecule has 0 aliphatic rings. The molecule has 1 atom stereocenters. The molecule has 0 rings (SSSR count). The third kappa shape index (κ3) is 13.9. The highest BCUT2D eigenvalue weighted by Crippen LogP contribution is 2.03. The van der Waals surface area contributed by atoms with Crippen LogP contribution in [0.3, 0.4) is 0 Å². The lowest BCUT2D eigenvalue weighted by Gasteiger charge is -2.22. The van der Waals surface area contributed by atoms with Gasteiger partial charge in [-0.3, -0.25) is 13.7 Å². The van der Waals surface area contributed by atoms with Crippen LogP contribution < -0.4 is 5.32 Å². The minimum atomic E-state index is -3.66. The van der Waals surface area contributed by atoms with Crippen molar-refractivity contribution < 1.29 is 21.9 Å². The van der Waals surface area contributed by atoms with E-state index in [-0.39, 0.29) is 0 Å². The van der Waals surface area contributed by atoms with Gasteiger partial charge in [0, 0.05) is 0 Å². The maximum absolute atomic E-state index is 9.92. The van der Waals surface area contributed by atoms with Gasteiger partial charge in [0.1, 0.15) is 5.72 Å². The Bertz CT molecular complexity index is 267. The Morgan fingerprint density at radius 2 is 1.67 bits per heavy atom. The van der Waals surface area contributed by atoms with Gasteiger partial charge in [0.25, 0.3) is 0 Å². The van der Waals surface area contributed by atoms with Crippen LogP contribution in [0.4, 0.5) is 0 Å². The van der Waals surface area contributed by atoms with E-state index >= 15 is 0 Å². The van der Waals surface area contributed by atoms with Gasteiger partial charge in [-0.15, -0.1) is 0 Å². The second-order valence-corrected chi connectivity index (χ2v) is 5.49. The first kappa shape index (κ1) is 20.1. The summed E-state index contributed by atoms with van der Waals surface area (Å²) in [4.78, 5) is 0. The molecule has 7 heteroatoms. The van der Waals surface area contributed by atoms with Crippen molar-refractivity contribution in [1.82, 2.24) is 5.32 Å². The summed E-state index contributed by atoms with van der Waals surface area (Å²) < 4.78 is 27.5. The van der Waals surface area contributed by atoms with Crippen molar-refractivity contribution in [3.63, 3.8) is 0 Å². The van der Waals surface area contributed by atoms with Gasteiger partial charge in [-0.25, -0.2) is 0 Å². The van der Waals surface area contributed by atoms with Crippen molar-refractivity contribution in [3.05, 3.63) is 0 Å². The van der Waals surface area contributed by atoms with E-state index < -0.39 is 16.1 Å². The van der Waals surface area contributed by atoms with E-state index in [1.54, 1.807) is 0 Å². The number of aliphatic hydroxyl groups is 1. The van der Waals surface area contributed by atoms with Crippen LogP contribution in [0.25, 0.3) is 0 Å². The predicted octanol–water partition coefficient (Wildman–Crippen LogP) is 1.41. The first-order valence-corrected chi connectivity index (χ1v) is 7.41. The molecule has 0 aliphatic heterocycles. The molecule has 6 nitrogen and oxygen atoms in total. The van der Waals surface area contributed by atoms with Crippen molar-refractivity contribution in [1.29, 1.82) is 0 Å². The second kappa shape index (κ2) is 10.7. The minimum Gasteiger partial charge on any atom is -0.376 e. The maximum atomic E-state index is 9.92. The standard InChI is InChI=1S/C9H21NO.C2H6O4S/c1-4-6-7-8-10-9(3,11)5-2;1-5-7(3,4)6-2/h10-11H,4-8H2,1-3H3;1-2H3. The van der Waals surface area contributed by atoms with Crippen LogP contribution in [-0.2, 0) is 18.8 Å². The third-order valence-electron chi connectivity index (χ3n) is 2.38. The molecule has 0 radical (unpaired) electrons. The van der Waals surface area contributed by atoms with Crippen LogP contribution in [0, 0.1) is 0 Å². The van der Waals surface area contributed by atoms with Gasteiger partial charge in [-0.05, 0) is 26.3 Å². The van der Waals surface area contributed by atoms with Crippen LogP contribution >= 0.6 is 0 Å². The fourth-order valence-corrected chi connectivity index (χ4v) is 1.06. The fourth-order valence-electron chi connectivity index (χ4n) is 0.926. The Kier molecular flexibility index (Phi) is 11.9. The Hall–Kier alpha value is -0.210. The molecule has 0 aromatic carbocycles. The number of unbranched alkanes of at least 4 members (excludes halogenated alkanes) is 2. The molecule has 0 bridgehead atoms. The molecule has 0 saturated heterocycles. The lowest BCUT2D eigenvalue weighted by atomic mass is 10.2. The first-order valence-electron chi connectivity index (χ1n) is 6.08. The number of nitrogens with one attached hydrogen (secondary N) is 1. The number of hydrogen-bond acceptors (Lipinski definition) is 6. The van der Waals surface area contributed by atoms with Gasteiger partial charge < -0.3 is 5.11 Å². The van der Waals surface area contributed by atoms with E-state index in [1.165, 1.54) is 12.8 Å². The van der Waals surface area contributed by atoms with E-state index in [1.807, 2.05) is 13.8 Å². The summed E-state index contributed by atoms with van der Waals surface area (Å²) in [6, 6.07) is 0. The highest BCUT2D eigenvalue weighted by Gasteiger charge is 2.14. The molecule has 1 unspecified atom stereocenters. The molecule has 0 aromatic heterocycles. The molecular weight excluding hydrogens is 258 g/mol. The molecule has 2 N–H and O–H groups in total. The Morgan fingerprint density at radius 1 is 1.17 bits per heavy atom. The summed E-state index contributed by atoms with van der Waals surface area (Å²) in [7, 11) is -1.60. The van der Waals surface area contributed by atoms with E-state index in [0.717, 1.165) is 33.6 Å². The smallest absolute Gasteiger partial charge is 0.376 e. The molecule has 0 saturated carbocycles. The van der Waals surface area contributed by atoms with Gasteiger partial charge in [-0.1, -0.05) is 26.7 Å². The minimum absolute atomic E-state index is 0.659. The largest absolute Gasteiger partial charge is 0.399 e. The average Bonchev–Trinajstić information content (AvgIpc) is 2.35. The lowest BCUT2D eigenvalue weighted by Crippen LogP contribution is -2.41.